The van der Waals surface area contributed by atoms with E-state index in [1.54, 1.807) is 30.1 Å². The summed E-state index contributed by atoms with van der Waals surface area (Å²) in [5.41, 5.74) is -1.13. The fraction of sp³-hybridized carbons (Fsp3) is 0.333. The van der Waals surface area contributed by atoms with Gasteiger partial charge in [0.25, 0.3) is 5.56 Å². The summed E-state index contributed by atoms with van der Waals surface area (Å²) >= 11 is 0. The van der Waals surface area contributed by atoms with E-state index in [9.17, 15) is 14.4 Å². The van der Waals surface area contributed by atoms with E-state index in [4.69, 9.17) is 0 Å². The van der Waals surface area contributed by atoms with Gasteiger partial charge in [-0.05, 0) is 19.9 Å². The summed E-state index contributed by atoms with van der Waals surface area (Å²) in [5.74, 6) is -0.374. The Balaban J connectivity index is 2.44. The molecule has 7 nitrogen and oxygen atoms in total. The molecule has 100 valence electrons. The molecule has 0 spiro atoms. The number of carbonyl (C=O) groups is 1. The summed E-state index contributed by atoms with van der Waals surface area (Å²) in [6.07, 6.45) is 4.51. The standard InChI is InChI=1S/C12H14N4O3/c1-8(7-15-5-3-4-14-15)16-11(18)10(9(2)17)6-13-12(16)19/h3-6,8H,7H2,1-2H3,(H,13,19). The molecule has 0 bridgehead atoms. The Morgan fingerprint density at radius 2 is 2.21 bits per heavy atom. The largest absolute Gasteiger partial charge is 0.328 e. The number of hydrogen-bond donors (Lipinski definition) is 1. The number of H-pyrrole nitrogens is 1. The smallest absolute Gasteiger partial charge is 0.313 e. The summed E-state index contributed by atoms with van der Waals surface area (Å²) in [6, 6.07) is 1.35. The van der Waals surface area contributed by atoms with Crippen LogP contribution in [0.2, 0.25) is 0 Å². The number of carbonyl (C=O) groups excluding carboxylic acids is 1. The van der Waals surface area contributed by atoms with Crippen LogP contribution in [0.5, 0.6) is 0 Å². The fourth-order valence-electron chi connectivity index (χ4n) is 1.90. The molecule has 19 heavy (non-hydrogen) atoms. The van der Waals surface area contributed by atoms with Crippen LogP contribution in [0.4, 0.5) is 0 Å². The van der Waals surface area contributed by atoms with Crippen molar-refractivity contribution in [2.45, 2.75) is 26.4 Å². The lowest BCUT2D eigenvalue weighted by molar-refractivity contribution is 0.101. The number of hydrogen-bond acceptors (Lipinski definition) is 4. The summed E-state index contributed by atoms with van der Waals surface area (Å²) in [5, 5.41) is 4.02. The third-order valence-corrected chi connectivity index (χ3v) is 2.84. The third-order valence-electron chi connectivity index (χ3n) is 2.84. The quantitative estimate of drug-likeness (QED) is 0.797. The lowest BCUT2D eigenvalue weighted by Crippen LogP contribution is -2.40. The molecule has 0 aliphatic carbocycles. The minimum Gasteiger partial charge on any atom is -0.313 e. The van der Waals surface area contributed by atoms with Gasteiger partial charge < -0.3 is 4.98 Å². The van der Waals surface area contributed by atoms with Crippen LogP contribution in [0.3, 0.4) is 0 Å². The predicted octanol–water partition coefficient (Wildman–Crippen LogP) is 0.197. The van der Waals surface area contributed by atoms with E-state index in [-0.39, 0.29) is 11.3 Å². The molecule has 7 heteroatoms. The summed E-state index contributed by atoms with van der Waals surface area (Å²) in [4.78, 5) is 37.6. The van der Waals surface area contributed by atoms with Crippen molar-refractivity contribution in [2.75, 3.05) is 0 Å². The van der Waals surface area contributed by atoms with Crippen LogP contribution in [0.15, 0.2) is 34.2 Å². The van der Waals surface area contributed by atoms with Crippen molar-refractivity contribution in [1.29, 1.82) is 0 Å². The summed E-state index contributed by atoms with van der Waals surface area (Å²) in [6.45, 7) is 3.39. The maximum atomic E-state index is 12.1. The second-order valence-corrected chi connectivity index (χ2v) is 4.32. The van der Waals surface area contributed by atoms with E-state index in [0.29, 0.717) is 6.54 Å². The zero-order valence-corrected chi connectivity index (χ0v) is 10.7. The molecule has 0 fully saturated rings. The van der Waals surface area contributed by atoms with Gasteiger partial charge in [0.1, 0.15) is 0 Å². The normalized spacial score (nSPS) is 12.3. The topological polar surface area (TPSA) is 89.8 Å². The van der Waals surface area contributed by atoms with Crippen molar-refractivity contribution in [1.82, 2.24) is 19.3 Å². The Labute approximate surface area is 108 Å². The number of nitrogens with zero attached hydrogens (tertiary/aromatic N) is 3. The maximum absolute atomic E-state index is 12.1. The number of aromatic amines is 1. The molecule has 0 aliphatic heterocycles. The molecule has 0 saturated heterocycles. The highest BCUT2D eigenvalue weighted by Crippen LogP contribution is 2.03. The average molecular weight is 262 g/mol. The molecule has 0 radical (unpaired) electrons. The average Bonchev–Trinajstić information content (AvgIpc) is 2.81. The molecule has 2 aromatic heterocycles. The minimum absolute atomic E-state index is 0.0214. The molecule has 1 atom stereocenters. The van der Waals surface area contributed by atoms with E-state index < -0.39 is 17.3 Å². The molecule has 1 unspecified atom stereocenters. The van der Waals surface area contributed by atoms with Crippen molar-refractivity contribution in [2.24, 2.45) is 0 Å². The predicted molar refractivity (Wildman–Crippen MR) is 68.3 cm³/mol. The number of rotatable bonds is 4. The Bertz CT molecular complexity index is 697. The van der Waals surface area contributed by atoms with E-state index in [0.717, 1.165) is 10.8 Å². The van der Waals surface area contributed by atoms with Gasteiger partial charge in [-0.1, -0.05) is 0 Å². The third kappa shape index (κ3) is 2.54. The van der Waals surface area contributed by atoms with Gasteiger partial charge >= 0.3 is 5.69 Å². The molecule has 0 saturated carbocycles. The molecular weight excluding hydrogens is 248 g/mol. The van der Waals surface area contributed by atoms with Gasteiger partial charge in [-0.15, -0.1) is 0 Å². The molecule has 1 N–H and O–H groups in total. The SMILES string of the molecule is CC(=O)c1c[nH]c(=O)n(C(C)Cn2cccn2)c1=O. The van der Waals surface area contributed by atoms with Gasteiger partial charge in [0.15, 0.2) is 5.78 Å². The molecule has 0 aromatic carbocycles. The van der Waals surface area contributed by atoms with Crippen LogP contribution >= 0.6 is 0 Å². The van der Waals surface area contributed by atoms with E-state index in [2.05, 4.69) is 10.1 Å². The highest BCUT2D eigenvalue weighted by atomic mass is 16.2. The molecule has 2 aromatic rings. The Morgan fingerprint density at radius 3 is 2.79 bits per heavy atom. The van der Waals surface area contributed by atoms with Crippen LogP contribution in [0, 0.1) is 0 Å². The lowest BCUT2D eigenvalue weighted by atomic mass is 10.2. The van der Waals surface area contributed by atoms with Crippen LogP contribution in [-0.4, -0.2) is 25.1 Å². The molecule has 2 heterocycles. The van der Waals surface area contributed by atoms with Crippen LogP contribution in [0.25, 0.3) is 0 Å². The number of ketones is 1. The molecule has 0 amide bonds. The van der Waals surface area contributed by atoms with Crippen LogP contribution in [0.1, 0.15) is 30.2 Å². The van der Waals surface area contributed by atoms with Crippen LogP contribution < -0.4 is 11.2 Å². The van der Waals surface area contributed by atoms with Gasteiger partial charge in [0.05, 0.1) is 18.2 Å². The van der Waals surface area contributed by atoms with Gasteiger partial charge in [0, 0.05) is 18.6 Å². The van der Waals surface area contributed by atoms with E-state index >= 15 is 0 Å². The van der Waals surface area contributed by atoms with E-state index in [1.165, 1.54) is 6.92 Å². The monoisotopic (exact) mass is 262 g/mol. The Hall–Kier alpha value is -2.44. The van der Waals surface area contributed by atoms with Gasteiger partial charge in [-0.2, -0.15) is 5.10 Å². The maximum Gasteiger partial charge on any atom is 0.328 e. The number of aromatic nitrogens is 4. The van der Waals surface area contributed by atoms with Crippen molar-refractivity contribution in [3.8, 4) is 0 Å². The Morgan fingerprint density at radius 1 is 1.47 bits per heavy atom. The summed E-state index contributed by atoms with van der Waals surface area (Å²) in [7, 11) is 0. The number of nitrogens with one attached hydrogen (secondary N) is 1. The first-order valence-corrected chi connectivity index (χ1v) is 5.83. The highest BCUT2D eigenvalue weighted by Gasteiger charge is 2.16. The van der Waals surface area contributed by atoms with Gasteiger partial charge in [0.2, 0.25) is 0 Å². The number of Topliss-reactive ketones (excluding diaryl/α,β-unsaturated/α-hetero) is 1. The first kappa shape index (κ1) is 13.0. The first-order valence-electron chi connectivity index (χ1n) is 5.83. The summed E-state index contributed by atoms with van der Waals surface area (Å²) < 4.78 is 2.66. The zero-order valence-electron chi connectivity index (χ0n) is 10.7. The Kier molecular flexibility index (Phi) is 3.46. The van der Waals surface area contributed by atoms with Crippen molar-refractivity contribution < 1.29 is 4.79 Å². The first-order chi connectivity index (χ1) is 9.00. The molecular formula is C12H14N4O3. The van der Waals surface area contributed by atoms with Crippen molar-refractivity contribution in [3.63, 3.8) is 0 Å². The minimum atomic E-state index is -0.573. The fourth-order valence-corrected chi connectivity index (χ4v) is 1.90. The second kappa shape index (κ2) is 5.05. The molecule has 2 rings (SSSR count). The second-order valence-electron chi connectivity index (χ2n) is 4.32. The van der Waals surface area contributed by atoms with Gasteiger partial charge in [-0.3, -0.25) is 18.8 Å². The zero-order chi connectivity index (χ0) is 14.0. The van der Waals surface area contributed by atoms with Gasteiger partial charge in [-0.25, -0.2) is 4.79 Å². The lowest BCUT2D eigenvalue weighted by Gasteiger charge is -2.14. The van der Waals surface area contributed by atoms with Crippen molar-refractivity contribution in [3.05, 3.63) is 51.1 Å². The van der Waals surface area contributed by atoms with Crippen molar-refractivity contribution >= 4 is 5.78 Å². The highest BCUT2D eigenvalue weighted by molar-refractivity contribution is 5.93. The van der Waals surface area contributed by atoms with Crippen LogP contribution in [-0.2, 0) is 6.54 Å². The van der Waals surface area contributed by atoms with E-state index in [1.807, 2.05) is 0 Å². The molecule has 0 aliphatic rings.